The predicted molar refractivity (Wildman–Crippen MR) is 102 cm³/mol. The number of nitrogens with one attached hydrogen (secondary N) is 2. The van der Waals surface area contributed by atoms with E-state index in [4.69, 9.17) is 5.73 Å². The van der Waals surface area contributed by atoms with Crippen molar-refractivity contribution in [1.82, 2.24) is 9.78 Å². The Morgan fingerprint density at radius 1 is 1.24 bits per heavy atom. The van der Waals surface area contributed by atoms with E-state index >= 15 is 0 Å². The molecule has 2 amide bonds. The molecule has 1 aromatic carbocycles. The van der Waals surface area contributed by atoms with Gasteiger partial charge in [0.15, 0.2) is 0 Å². The summed E-state index contributed by atoms with van der Waals surface area (Å²) < 4.78 is 1.58. The summed E-state index contributed by atoms with van der Waals surface area (Å²) in [7, 11) is 0. The molecule has 0 saturated carbocycles. The summed E-state index contributed by atoms with van der Waals surface area (Å²) in [6, 6.07) is 7.76. The SMILES string of the molecule is CSCCC(N)C(=O)Nc1cccc(NC(=O)C(C)n2cccn2)c1. The van der Waals surface area contributed by atoms with Gasteiger partial charge in [0, 0.05) is 23.8 Å². The maximum atomic E-state index is 12.3. The molecule has 2 aromatic rings. The summed E-state index contributed by atoms with van der Waals surface area (Å²) in [6.45, 7) is 1.76. The fraction of sp³-hybridized carbons (Fsp3) is 0.353. The number of anilines is 2. The molecule has 134 valence electrons. The van der Waals surface area contributed by atoms with Gasteiger partial charge in [0.25, 0.3) is 0 Å². The van der Waals surface area contributed by atoms with Crippen molar-refractivity contribution in [2.24, 2.45) is 5.73 Å². The fourth-order valence-electron chi connectivity index (χ4n) is 2.16. The molecule has 7 nitrogen and oxygen atoms in total. The first-order valence-corrected chi connectivity index (χ1v) is 9.36. The molecule has 0 aliphatic rings. The minimum absolute atomic E-state index is 0.191. The smallest absolute Gasteiger partial charge is 0.248 e. The van der Waals surface area contributed by atoms with Crippen molar-refractivity contribution >= 4 is 35.0 Å². The molecule has 0 fully saturated rings. The topological polar surface area (TPSA) is 102 Å². The number of amides is 2. The number of nitrogens with zero attached hydrogens (tertiary/aromatic N) is 2. The Kier molecular flexibility index (Phi) is 7.03. The lowest BCUT2D eigenvalue weighted by Gasteiger charge is -2.14. The second kappa shape index (κ2) is 9.24. The first kappa shape index (κ1) is 19.0. The second-order valence-corrected chi connectivity index (χ2v) is 6.59. The van der Waals surface area contributed by atoms with Crippen LogP contribution in [0.15, 0.2) is 42.7 Å². The number of thioether (sulfide) groups is 1. The van der Waals surface area contributed by atoms with Crippen molar-refractivity contribution < 1.29 is 9.59 Å². The molecule has 1 heterocycles. The minimum Gasteiger partial charge on any atom is -0.325 e. The number of hydrogen-bond acceptors (Lipinski definition) is 5. The van der Waals surface area contributed by atoms with Crippen LogP contribution in [0.25, 0.3) is 0 Å². The normalized spacial score (nSPS) is 13.1. The summed E-state index contributed by atoms with van der Waals surface area (Å²) >= 11 is 1.65. The Balaban J connectivity index is 1.96. The van der Waals surface area contributed by atoms with Crippen LogP contribution in [-0.4, -0.2) is 39.6 Å². The van der Waals surface area contributed by atoms with Crippen molar-refractivity contribution in [1.29, 1.82) is 0 Å². The van der Waals surface area contributed by atoms with Crippen LogP contribution in [0, 0.1) is 0 Å². The number of carbonyl (C=O) groups is 2. The number of carbonyl (C=O) groups excluding carboxylic acids is 2. The van der Waals surface area contributed by atoms with Crippen molar-refractivity contribution in [3.05, 3.63) is 42.7 Å². The summed E-state index contributed by atoms with van der Waals surface area (Å²) in [4.78, 5) is 24.4. The van der Waals surface area contributed by atoms with Gasteiger partial charge in [0.1, 0.15) is 6.04 Å². The highest BCUT2D eigenvalue weighted by Gasteiger charge is 2.16. The highest BCUT2D eigenvalue weighted by atomic mass is 32.2. The van der Waals surface area contributed by atoms with E-state index in [0.717, 1.165) is 5.75 Å². The lowest BCUT2D eigenvalue weighted by atomic mass is 10.2. The molecule has 0 aliphatic heterocycles. The van der Waals surface area contributed by atoms with Gasteiger partial charge >= 0.3 is 0 Å². The van der Waals surface area contributed by atoms with E-state index < -0.39 is 12.1 Å². The van der Waals surface area contributed by atoms with Gasteiger partial charge in [-0.2, -0.15) is 16.9 Å². The van der Waals surface area contributed by atoms with Gasteiger partial charge < -0.3 is 16.4 Å². The molecule has 0 spiro atoms. The van der Waals surface area contributed by atoms with Crippen LogP contribution < -0.4 is 16.4 Å². The lowest BCUT2D eigenvalue weighted by Crippen LogP contribution is -2.36. The maximum absolute atomic E-state index is 12.3. The van der Waals surface area contributed by atoms with Gasteiger partial charge in [0.05, 0.1) is 6.04 Å². The highest BCUT2D eigenvalue weighted by Crippen LogP contribution is 2.17. The molecular formula is C17H23N5O2S. The number of rotatable bonds is 8. The summed E-state index contributed by atoms with van der Waals surface area (Å²) in [6.07, 6.45) is 5.95. The van der Waals surface area contributed by atoms with Crippen LogP contribution in [0.2, 0.25) is 0 Å². The Labute approximate surface area is 151 Å². The first-order valence-electron chi connectivity index (χ1n) is 7.96. The highest BCUT2D eigenvalue weighted by molar-refractivity contribution is 7.98. The molecular weight excluding hydrogens is 338 g/mol. The molecule has 0 aliphatic carbocycles. The third-order valence-electron chi connectivity index (χ3n) is 3.67. The van der Waals surface area contributed by atoms with Crippen LogP contribution >= 0.6 is 11.8 Å². The van der Waals surface area contributed by atoms with Gasteiger partial charge in [-0.15, -0.1) is 0 Å². The zero-order valence-electron chi connectivity index (χ0n) is 14.3. The Hall–Kier alpha value is -2.32. The third-order valence-corrected chi connectivity index (χ3v) is 4.31. The average Bonchev–Trinajstić information content (AvgIpc) is 3.13. The van der Waals surface area contributed by atoms with E-state index in [9.17, 15) is 9.59 Å². The van der Waals surface area contributed by atoms with Gasteiger partial charge in [-0.3, -0.25) is 14.3 Å². The number of benzene rings is 1. The number of aromatic nitrogens is 2. The van der Waals surface area contributed by atoms with E-state index in [2.05, 4.69) is 15.7 Å². The molecule has 25 heavy (non-hydrogen) atoms. The molecule has 0 radical (unpaired) electrons. The lowest BCUT2D eigenvalue weighted by molar-refractivity contribution is -0.119. The van der Waals surface area contributed by atoms with Gasteiger partial charge in [-0.05, 0) is 49.6 Å². The predicted octanol–water partition coefficient (Wildman–Crippen LogP) is 2.10. The van der Waals surface area contributed by atoms with E-state index in [1.807, 2.05) is 6.26 Å². The molecule has 2 unspecified atom stereocenters. The summed E-state index contributed by atoms with van der Waals surface area (Å²) in [5.41, 5.74) is 7.05. The first-order chi connectivity index (χ1) is 12.0. The average molecular weight is 361 g/mol. The van der Waals surface area contributed by atoms with Crippen molar-refractivity contribution in [3.8, 4) is 0 Å². The van der Waals surface area contributed by atoms with E-state index in [-0.39, 0.29) is 11.8 Å². The van der Waals surface area contributed by atoms with Gasteiger partial charge in [-0.1, -0.05) is 6.07 Å². The van der Waals surface area contributed by atoms with Crippen LogP contribution in [0.1, 0.15) is 19.4 Å². The molecule has 2 rings (SSSR count). The molecule has 4 N–H and O–H groups in total. The molecule has 1 aromatic heterocycles. The standard InChI is InChI=1S/C17H23N5O2S/c1-12(22-9-4-8-19-22)16(23)20-13-5-3-6-14(11-13)21-17(24)15(18)7-10-25-2/h3-6,8-9,11-12,15H,7,10,18H2,1-2H3,(H,20,23)(H,21,24). The number of nitrogens with two attached hydrogens (primary N) is 1. The van der Waals surface area contributed by atoms with Crippen LogP contribution in [0.4, 0.5) is 11.4 Å². The van der Waals surface area contributed by atoms with Crippen LogP contribution in [-0.2, 0) is 9.59 Å². The minimum atomic E-state index is -0.550. The van der Waals surface area contributed by atoms with Crippen LogP contribution in [0.5, 0.6) is 0 Å². The Morgan fingerprint density at radius 3 is 2.52 bits per heavy atom. The van der Waals surface area contributed by atoms with Gasteiger partial charge in [-0.25, -0.2) is 0 Å². The quantitative estimate of drug-likeness (QED) is 0.668. The number of hydrogen-bond donors (Lipinski definition) is 3. The van der Waals surface area contributed by atoms with E-state index in [0.29, 0.717) is 17.8 Å². The third kappa shape index (κ3) is 5.61. The zero-order chi connectivity index (χ0) is 18.2. The van der Waals surface area contributed by atoms with Gasteiger partial charge in [0.2, 0.25) is 11.8 Å². The Bertz CT molecular complexity index is 705. The maximum Gasteiger partial charge on any atom is 0.248 e. The molecule has 0 saturated heterocycles. The molecule has 0 bridgehead atoms. The molecule has 2 atom stereocenters. The molecule has 8 heteroatoms. The fourth-order valence-corrected chi connectivity index (χ4v) is 2.65. The largest absolute Gasteiger partial charge is 0.325 e. The zero-order valence-corrected chi connectivity index (χ0v) is 15.1. The van der Waals surface area contributed by atoms with Crippen LogP contribution in [0.3, 0.4) is 0 Å². The van der Waals surface area contributed by atoms with Crippen molar-refractivity contribution in [3.63, 3.8) is 0 Å². The monoisotopic (exact) mass is 361 g/mol. The Morgan fingerprint density at radius 2 is 1.92 bits per heavy atom. The second-order valence-electron chi connectivity index (χ2n) is 5.61. The van der Waals surface area contributed by atoms with E-state index in [1.54, 1.807) is 66.1 Å². The summed E-state index contributed by atoms with van der Waals surface area (Å²) in [5, 5.41) is 9.66. The van der Waals surface area contributed by atoms with E-state index in [1.165, 1.54) is 0 Å². The summed E-state index contributed by atoms with van der Waals surface area (Å²) in [5.74, 6) is 0.405. The van der Waals surface area contributed by atoms with Crippen molar-refractivity contribution in [2.75, 3.05) is 22.6 Å². The van der Waals surface area contributed by atoms with Crippen molar-refractivity contribution in [2.45, 2.75) is 25.4 Å².